The zero-order chi connectivity index (χ0) is 13.7. The van der Waals surface area contributed by atoms with Crippen molar-refractivity contribution in [1.82, 2.24) is 5.32 Å². The number of hydrogen-bond acceptors (Lipinski definition) is 2. The summed E-state index contributed by atoms with van der Waals surface area (Å²) < 4.78 is 7.60. The Labute approximate surface area is 131 Å². The highest BCUT2D eigenvalue weighted by atomic mass is 79.9. The third-order valence-corrected chi connectivity index (χ3v) is 4.39. The van der Waals surface area contributed by atoms with E-state index >= 15 is 0 Å². The summed E-state index contributed by atoms with van der Waals surface area (Å²) in [6.07, 6.45) is 8.09. The van der Waals surface area contributed by atoms with Crippen molar-refractivity contribution >= 4 is 31.9 Å². The fourth-order valence-electron chi connectivity index (χ4n) is 2.24. The van der Waals surface area contributed by atoms with Crippen molar-refractivity contribution < 1.29 is 4.74 Å². The van der Waals surface area contributed by atoms with Crippen LogP contribution >= 0.6 is 31.9 Å². The average molecular weight is 389 g/mol. The highest BCUT2D eigenvalue weighted by Crippen LogP contribution is 2.34. The van der Waals surface area contributed by atoms with Crippen LogP contribution in [-0.4, -0.2) is 12.6 Å². The van der Waals surface area contributed by atoms with Crippen molar-refractivity contribution in [3.63, 3.8) is 0 Å². The van der Waals surface area contributed by atoms with Gasteiger partial charge in [-0.25, -0.2) is 0 Å². The van der Waals surface area contributed by atoms with E-state index in [-0.39, 0.29) is 0 Å². The van der Waals surface area contributed by atoms with Crippen LogP contribution in [0.2, 0.25) is 0 Å². The van der Waals surface area contributed by atoms with Gasteiger partial charge in [-0.2, -0.15) is 0 Å². The SMILES string of the molecule is CCOc1c(Br)cc(CNC2CC=CCC2)cc1Br. The van der Waals surface area contributed by atoms with Crippen LogP contribution in [0.3, 0.4) is 0 Å². The molecule has 0 bridgehead atoms. The van der Waals surface area contributed by atoms with E-state index in [1.807, 2.05) is 6.92 Å². The number of benzene rings is 1. The minimum absolute atomic E-state index is 0.606. The van der Waals surface area contributed by atoms with Crippen molar-refractivity contribution in [2.24, 2.45) is 0 Å². The molecule has 1 aliphatic rings. The molecule has 0 aromatic heterocycles. The van der Waals surface area contributed by atoms with Crippen molar-refractivity contribution in [2.45, 2.75) is 38.8 Å². The molecule has 104 valence electrons. The van der Waals surface area contributed by atoms with Gasteiger partial charge >= 0.3 is 0 Å². The number of allylic oxidation sites excluding steroid dienone is 1. The monoisotopic (exact) mass is 387 g/mol. The molecule has 0 aliphatic heterocycles. The number of ether oxygens (including phenoxy) is 1. The van der Waals surface area contributed by atoms with E-state index in [1.165, 1.54) is 18.4 Å². The molecule has 19 heavy (non-hydrogen) atoms. The van der Waals surface area contributed by atoms with E-state index < -0.39 is 0 Å². The van der Waals surface area contributed by atoms with Gasteiger partial charge in [0.1, 0.15) is 5.75 Å². The van der Waals surface area contributed by atoms with Gasteiger partial charge in [-0.15, -0.1) is 0 Å². The van der Waals surface area contributed by atoms with Gasteiger partial charge in [0.05, 0.1) is 15.6 Å². The summed E-state index contributed by atoms with van der Waals surface area (Å²) in [5.74, 6) is 0.881. The van der Waals surface area contributed by atoms with Crippen LogP contribution in [0.15, 0.2) is 33.2 Å². The first-order chi connectivity index (χ1) is 9.20. The Kier molecular flexibility index (Phi) is 5.92. The molecule has 0 saturated carbocycles. The molecule has 2 rings (SSSR count). The predicted molar refractivity (Wildman–Crippen MR) is 86.6 cm³/mol. The van der Waals surface area contributed by atoms with E-state index in [9.17, 15) is 0 Å². The minimum Gasteiger partial charge on any atom is -0.492 e. The average Bonchev–Trinajstić information content (AvgIpc) is 2.42. The van der Waals surface area contributed by atoms with Crippen molar-refractivity contribution in [3.8, 4) is 5.75 Å². The Hall–Kier alpha value is -0.320. The molecule has 0 spiro atoms. The standard InChI is InChI=1S/C15H19Br2NO/c1-2-19-15-13(16)8-11(9-14(15)17)10-18-12-6-4-3-5-7-12/h3-4,8-9,12,18H,2,5-7,10H2,1H3. The van der Waals surface area contributed by atoms with Crippen molar-refractivity contribution in [1.29, 1.82) is 0 Å². The van der Waals surface area contributed by atoms with Crippen LogP contribution in [-0.2, 0) is 6.54 Å². The lowest BCUT2D eigenvalue weighted by Gasteiger charge is -2.20. The molecule has 0 radical (unpaired) electrons. The van der Waals surface area contributed by atoms with Gasteiger partial charge in [0.2, 0.25) is 0 Å². The second-order valence-corrected chi connectivity index (χ2v) is 6.39. The van der Waals surface area contributed by atoms with Crippen molar-refractivity contribution in [3.05, 3.63) is 38.8 Å². The molecule has 1 N–H and O–H groups in total. The van der Waals surface area contributed by atoms with Crippen LogP contribution in [0.25, 0.3) is 0 Å². The summed E-state index contributed by atoms with van der Waals surface area (Å²) in [5.41, 5.74) is 1.26. The Morgan fingerprint density at radius 3 is 2.58 bits per heavy atom. The fraction of sp³-hybridized carbons (Fsp3) is 0.467. The molecule has 1 aromatic carbocycles. The van der Waals surface area contributed by atoms with Gasteiger partial charge in [0, 0.05) is 12.6 Å². The summed E-state index contributed by atoms with van der Waals surface area (Å²) in [7, 11) is 0. The van der Waals surface area contributed by atoms with Gasteiger partial charge in [-0.3, -0.25) is 0 Å². The number of nitrogens with one attached hydrogen (secondary N) is 1. The molecule has 1 aliphatic carbocycles. The van der Waals surface area contributed by atoms with Crippen LogP contribution in [0.1, 0.15) is 31.7 Å². The summed E-state index contributed by atoms with van der Waals surface area (Å²) in [5, 5.41) is 3.61. The lowest BCUT2D eigenvalue weighted by Crippen LogP contribution is -2.29. The summed E-state index contributed by atoms with van der Waals surface area (Å²) in [6.45, 7) is 3.55. The molecule has 4 heteroatoms. The highest BCUT2D eigenvalue weighted by Gasteiger charge is 2.11. The van der Waals surface area contributed by atoms with Gasteiger partial charge in [-0.1, -0.05) is 12.2 Å². The molecule has 0 heterocycles. The second kappa shape index (κ2) is 7.46. The molecule has 0 fully saturated rings. The Balaban J connectivity index is 1.99. The largest absolute Gasteiger partial charge is 0.492 e. The maximum absolute atomic E-state index is 5.59. The van der Waals surface area contributed by atoms with E-state index in [1.54, 1.807) is 0 Å². The lowest BCUT2D eigenvalue weighted by atomic mass is 10.0. The molecule has 1 atom stereocenters. The summed E-state index contributed by atoms with van der Waals surface area (Å²) in [6, 6.07) is 4.86. The third kappa shape index (κ3) is 4.33. The van der Waals surface area contributed by atoms with Gasteiger partial charge in [0.15, 0.2) is 0 Å². The Bertz CT molecular complexity index is 436. The van der Waals surface area contributed by atoms with E-state index in [0.29, 0.717) is 12.6 Å². The molecule has 0 amide bonds. The zero-order valence-electron chi connectivity index (χ0n) is 11.1. The molecule has 1 aromatic rings. The third-order valence-electron chi connectivity index (χ3n) is 3.21. The van der Waals surface area contributed by atoms with Crippen LogP contribution in [0, 0.1) is 0 Å². The highest BCUT2D eigenvalue weighted by molar-refractivity contribution is 9.11. The fourth-order valence-corrected chi connectivity index (χ4v) is 3.75. The predicted octanol–water partition coefficient (Wildman–Crippen LogP) is 4.81. The second-order valence-electron chi connectivity index (χ2n) is 4.68. The van der Waals surface area contributed by atoms with E-state index in [2.05, 4.69) is 61.5 Å². The number of halogens is 2. The number of rotatable bonds is 5. The van der Waals surface area contributed by atoms with Crippen LogP contribution in [0.5, 0.6) is 5.75 Å². The van der Waals surface area contributed by atoms with Crippen LogP contribution in [0.4, 0.5) is 0 Å². The molecule has 1 unspecified atom stereocenters. The lowest BCUT2D eigenvalue weighted by molar-refractivity contribution is 0.336. The first-order valence-electron chi connectivity index (χ1n) is 6.69. The summed E-state index contributed by atoms with van der Waals surface area (Å²) in [4.78, 5) is 0. The topological polar surface area (TPSA) is 21.3 Å². The molecular weight excluding hydrogens is 370 g/mol. The first kappa shape index (κ1) is 15.1. The van der Waals surface area contributed by atoms with E-state index in [4.69, 9.17) is 4.74 Å². The summed E-state index contributed by atoms with van der Waals surface area (Å²) >= 11 is 7.14. The van der Waals surface area contributed by atoms with Crippen LogP contribution < -0.4 is 10.1 Å². The van der Waals surface area contributed by atoms with Gasteiger partial charge in [0.25, 0.3) is 0 Å². The quantitative estimate of drug-likeness (QED) is 0.731. The maximum Gasteiger partial charge on any atom is 0.147 e. The first-order valence-corrected chi connectivity index (χ1v) is 8.28. The molecule has 0 saturated heterocycles. The normalized spacial score (nSPS) is 18.6. The Morgan fingerprint density at radius 2 is 2.00 bits per heavy atom. The number of hydrogen-bond donors (Lipinski definition) is 1. The molecule has 2 nitrogen and oxygen atoms in total. The molecular formula is C15H19Br2NO. The zero-order valence-corrected chi connectivity index (χ0v) is 14.3. The van der Waals surface area contributed by atoms with Crippen molar-refractivity contribution in [2.75, 3.05) is 6.61 Å². The maximum atomic E-state index is 5.59. The smallest absolute Gasteiger partial charge is 0.147 e. The van der Waals surface area contributed by atoms with E-state index in [0.717, 1.165) is 27.7 Å². The van der Waals surface area contributed by atoms with Gasteiger partial charge < -0.3 is 10.1 Å². The Morgan fingerprint density at radius 1 is 1.26 bits per heavy atom. The van der Waals surface area contributed by atoms with Gasteiger partial charge in [-0.05, 0) is 75.7 Å². The minimum atomic E-state index is 0.606.